The van der Waals surface area contributed by atoms with Crippen molar-refractivity contribution in [3.63, 3.8) is 0 Å². The third kappa shape index (κ3) is 2.49. The van der Waals surface area contributed by atoms with Crippen LogP contribution in [-0.4, -0.2) is 26.8 Å². The minimum Gasteiger partial charge on any atom is -0.481 e. The van der Waals surface area contributed by atoms with Crippen molar-refractivity contribution in [3.05, 3.63) is 0 Å². The molecule has 4 nitrogen and oxygen atoms in total. The quantitative estimate of drug-likeness (QED) is 0.645. The fourth-order valence-corrected chi connectivity index (χ4v) is 3.24. The molecule has 0 aromatic heterocycles. The number of carboxylic acids is 1. The van der Waals surface area contributed by atoms with Gasteiger partial charge in [-0.2, -0.15) is 0 Å². The van der Waals surface area contributed by atoms with Gasteiger partial charge in [0.25, 0.3) is 0 Å². The van der Waals surface area contributed by atoms with E-state index in [-0.39, 0.29) is 18.1 Å². The Morgan fingerprint density at radius 1 is 1.73 bits per heavy atom. The van der Waals surface area contributed by atoms with Crippen LogP contribution in [0.1, 0.15) is 12.8 Å². The fraction of sp³-hybridized carbons (Fsp3) is 0.833. The summed E-state index contributed by atoms with van der Waals surface area (Å²) in [6, 6.07) is 0. The average Bonchev–Trinajstić information content (AvgIpc) is 2.08. The maximum Gasteiger partial charge on any atom is 0.303 e. The predicted octanol–water partition coefficient (Wildman–Crippen LogP) is 0.528. The Morgan fingerprint density at radius 3 is 2.73 bits per heavy atom. The molecule has 2 atom stereocenters. The van der Waals surface area contributed by atoms with E-state index in [4.69, 9.17) is 9.89 Å². The molecular weight excluding hydrogens is 166 g/mol. The molecule has 1 fully saturated rings. The van der Waals surface area contributed by atoms with E-state index >= 15 is 0 Å². The van der Waals surface area contributed by atoms with Gasteiger partial charge in [-0.05, 0) is 12.3 Å². The van der Waals surface area contributed by atoms with Gasteiger partial charge in [-0.3, -0.25) is 9.57 Å². The third-order valence-electron chi connectivity index (χ3n) is 1.82. The van der Waals surface area contributed by atoms with Gasteiger partial charge in [0.15, 0.2) is 0 Å². The van der Waals surface area contributed by atoms with E-state index in [1.807, 2.05) is 0 Å². The van der Waals surface area contributed by atoms with Crippen LogP contribution in [0, 0.1) is 10.7 Å². The molecule has 0 spiro atoms. The van der Waals surface area contributed by atoms with Crippen LogP contribution in [0.15, 0.2) is 0 Å². The number of hydrogen-bond donors (Lipinski definition) is 2. The first-order chi connectivity index (χ1) is 4.99. The molecule has 2 unspecified atom stereocenters. The minimum absolute atomic E-state index is 0.0301. The first-order valence-electron chi connectivity index (χ1n) is 3.45. The van der Waals surface area contributed by atoms with Crippen LogP contribution in [0.3, 0.4) is 0 Å². The fourth-order valence-electron chi connectivity index (χ4n) is 1.31. The monoisotopic (exact) mass is 177 g/mol. The number of aliphatic carboxylic acids is 1. The summed E-state index contributed by atoms with van der Waals surface area (Å²) in [5.74, 6) is -0.228. The Morgan fingerprint density at radius 2 is 2.36 bits per heavy atom. The van der Waals surface area contributed by atoms with Gasteiger partial charge in [0.05, 0.1) is 0 Å². The molecule has 0 radical (unpaired) electrons. The Bertz CT molecular complexity index is 257. The van der Waals surface area contributed by atoms with Crippen molar-refractivity contribution >= 4 is 15.7 Å². The lowest BCUT2D eigenvalue weighted by Crippen LogP contribution is -2.08. The molecule has 1 heterocycles. The lowest BCUT2D eigenvalue weighted by molar-refractivity contribution is -0.137. The zero-order chi connectivity index (χ0) is 8.48. The Labute approximate surface area is 65.6 Å². The molecule has 0 bridgehead atoms. The van der Waals surface area contributed by atoms with Crippen LogP contribution in [0.4, 0.5) is 0 Å². The molecule has 5 heteroatoms. The molecule has 0 aliphatic carbocycles. The first-order valence-corrected chi connectivity index (χ1v) is 5.35. The highest BCUT2D eigenvalue weighted by Crippen LogP contribution is 2.21. The second-order valence-electron chi connectivity index (χ2n) is 2.94. The molecule has 11 heavy (non-hydrogen) atoms. The Kier molecular flexibility index (Phi) is 2.17. The van der Waals surface area contributed by atoms with Crippen LogP contribution in [0.25, 0.3) is 0 Å². The molecule has 0 aromatic rings. The summed E-state index contributed by atoms with van der Waals surface area (Å²) < 4.78 is 18.2. The summed E-state index contributed by atoms with van der Waals surface area (Å²) in [5, 5.41) is 8.39. The smallest absolute Gasteiger partial charge is 0.303 e. The molecule has 0 aromatic carbocycles. The molecule has 1 aliphatic heterocycles. The lowest BCUT2D eigenvalue weighted by atomic mass is 10.1. The van der Waals surface area contributed by atoms with Gasteiger partial charge >= 0.3 is 5.97 Å². The van der Waals surface area contributed by atoms with Crippen molar-refractivity contribution in [2.75, 3.05) is 11.5 Å². The molecule has 0 amide bonds. The van der Waals surface area contributed by atoms with Crippen LogP contribution in [0.2, 0.25) is 0 Å². The van der Waals surface area contributed by atoms with E-state index in [1.165, 1.54) is 0 Å². The molecule has 1 saturated heterocycles. The van der Waals surface area contributed by atoms with Gasteiger partial charge in [-0.1, -0.05) is 0 Å². The highest BCUT2D eigenvalue weighted by Gasteiger charge is 2.26. The van der Waals surface area contributed by atoms with Crippen LogP contribution >= 0.6 is 0 Å². The standard InChI is InChI=1S/C6H11NO3S/c7-11(10)2-1-5(4-11)3-6(8)9/h5,7H,1-4H2,(H,8,9). The van der Waals surface area contributed by atoms with E-state index < -0.39 is 15.7 Å². The van der Waals surface area contributed by atoms with Crippen molar-refractivity contribution in [2.24, 2.45) is 5.92 Å². The summed E-state index contributed by atoms with van der Waals surface area (Å²) in [4.78, 5) is 10.2. The minimum atomic E-state index is -2.40. The molecule has 0 saturated carbocycles. The highest BCUT2D eigenvalue weighted by atomic mass is 32.2. The van der Waals surface area contributed by atoms with Gasteiger partial charge < -0.3 is 5.11 Å². The van der Waals surface area contributed by atoms with Gasteiger partial charge in [0, 0.05) is 27.7 Å². The van der Waals surface area contributed by atoms with Crippen molar-refractivity contribution in [1.29, 1.82) is 4.78 Å². The largest absolute Gasteiger partial charge is 0.481 e. The molecule has 2 N–H and O–H groups in total. The van der Waals surface area contributed by atoms with Crippen LogP contribution < -0.4 is 0 Å². The molecule has 64 valence electrons. The summed E-state index contributed by atoms with van der Waals surface area (Å²) in [7, 11) is -2.40. The second-order valence-corrected chi connectivity index (χ2v) is 5.30. The maximum atomic E-state index is 11.1. The third-order valence-corrected chi connectivity index (χ3v) is 3.73. The van der Waals surface area contributed by atoms with Crippen LogP contribution in [0.5, 0.6) is 0 Å². The van der Waals surface area contributed by atoms with Crippen molar-refractivity contribution in [3.8, 4) is 0 Å². The van der Waals surface area contributed by atoms with Gasteiger partial charge in [-0.15, -0.1) is 0 Å². The first kappa shape index (κ1) is 8.52. The zero-order valence-electron chi connectivity index (χ0n) is 6.08. The summed E-state index contributed by atoms with van der Waals surface area (Å²) in [5.41, 5.74) is 0. The predicted molar refractivity (Wildman–Crippen MR) is 41.0 cm³/mol. The lowest BCUT2D eigenvalue weighted by Gasteiger charge is -2.01. The maximum absolute atomic E-state index is 11.1. The van der Waals surface area contributed by atoms with Gasteiger partial charge in [0.1, 0.15) is 0 Å². The van der Waals surface area contributed by atoms with Gasteiger partial charge in [0.2, 0.25) is 0 Å². The van der Waals surface area contributed by atoms with E-state index in [2.05, 4.69) is 0 Å². The number of hydrogen-bond acceptors (Lipinski definition) is 3. The van der Waals surface area contributed by atoms with Crippen molar-refractivity contribution in [2.45, 2.75) is 12.8 Å². The number of carboxylic acid groups (broad SMARTS) is 1. The summed E-state index contributed by atoms with van der Waals surface area (Å²) in [6.45, 7) is 0. The van der Waals surface area contributed by atoms with E-state index in [1.54, 1.807) is 0 Å². The highest BCUT2D eigenvalue weighted by molar-refractivity contribution is 7.92. The van der Waals surface area contributed by atoms with Gasteiger partial charge in [-0.25, -0.2) is 4.21 Å². The van der Waals surface area contributed by atoms with E-state index in [0.29, 0.717) is 12.2 Å². The van der Waals surface area contributed by atoms with Crippen molar-refractivity contribution in [1.82, 2.24) is 0 Å². The number of carbonyl (C=O) groups is 1. The normalized spacial score (nSPS) is 37.3. The van der Waals surface area contributed by atoms with Crippen molar-refractivity contribution < 1.29 is 14.1 Å². The number of rotatable bonds is 2. The van der Waals surface area contributed by atoms with E-state index in [0.717, 1.165) is 0 Å². The molecule has 1 aliphatic rings. The second kappa shape index (κ2) is 2.81. The molecular formula is C6H11NO3S. The summed E-state index contributed by atoms with van der Waals surface area (Å²) >= 11 is 0. The number of nitrogens with one attached hydrogen (secondary N) is 1. The average molecular weight is 177 g/mol. The Balaban J connectivity index is 2.49. The molecule has 1 rings (SSSR count). The van der Waals surface area contributed by atoms with Crippen LogP contribution in [-0.2, 0) is 14.5 Å². The topological polar surface area (TPSA) is 78.2 Å². The summed E-state index contributed by atoms with van der Waals surface area (Å²) in [6.07, 6.45) is 0.699. The SMILES string of the molecule is N=S1(=O)CCC(CC(=O)O)C1. The Hall–Kier alpha value is -0.580. The zero-order valence-corrected chi connectivity index (χ0v) is 6.89. The van der Waals surface area contributed by atoms with E-state index in [9.17, 15) is 9.00 Å².